The second kappa shape index (κ2) is 8.01. The molecule has 0 atom stereocenters. The van der Waals surface area contributed by atoms with Gasteiger partial charge >= 0.3 is 5.97 Å². The predicted molar refractivity (Wildman–Crippen MR) is 101 cm³/mol. The Bertz CT molecular complexity index is 1150. The van der Waals surface area contributed by atoms with E-state index in [0.29, 0.717) is 17.2 Å². The maximum absolute atomic E-state index is 10.9. The highest BCUT2D eigenvalue weighted by molar-refractivity contribution is 5.78. The predicted octanol–water partition coefficient (Wildman–Crippen LogP) is 2.74. The molecule has 1 N–H and O–H groups in total. The lowest BCUT2D eigenvalue weighted by Crippen LogP contribution is -2.02. The number of aromatic nitrogens is 4. The quantitative estimate of drug-likeness (QED) is 0.485. The molecule has 29 heavy (non-hydrogen) atoms. The molecule has 0 aliphatic heterocycles. The van der Waals surface area contributed by atoms with E-state index < -0.39 is 5.97 Å². The molecule has 9 nitrogen and oxygen atoms in total. The lowest BCUT2D eigenvalue weighted by atomic mass is 10.2. The number of benzene rings is 1. The van der Waals surface area contributed by atoms with Crippen molar-refractivity contribution in [2.45, 2.75) is 19.6 Å². The summed E-state index contributed by atoms with van der Waals surface area (Å²) in [5.41, 5.74) is 2.16. The molecule has 0 saturated carbocycles. The SMILES string of the molecule is Cn1cc(CC(=O)O)c(OCc2cc(OCc3ccc4ccccc4n3)no2)n1. The Kier molecular flexibility index (Phi) is 5.10. The smallest absolute Gasteiger partial charge is 0.308 e. The average Bonchev–Trinajstić information content (AvgIpc) is 3.30. The van der Waals surface area contributed by atoms with Crippen LogP contribution in [0.1, 0.15) is 17.0 Å². The number of nitrogens with zero attached hydrogens (tertiary/aromatic N) is 4. The van der Waals surface area contributed by atoms with Gasteiger partial charge in [0.15, 0.2) is 12.4 Å². The molecule has 4 rings (SSSR count). The summed E-state index contributed by atoms with van der Waals surface area (Å²) < 4.78 is 17.9. The van der Waals surface area contributed by atoms with Gasteiger partial charge in [-0.15, -0.1) is 5.10 Å². The Hall–Kier alpha value is -3.88. The van der Waals surface area contributed by atoms with Gasteiger partial charge in [0, 0.05) is 30.3 Å². The van der Waals surface area contributed by atoms with Gasteiger partial charge in [0.2, 0.25) is 5.88 Å². The lowest BCUT2D eigenvalue weighted by Gasteiger charge is -2.03. The number of ether oxygens (including phenoxy) is 2. The van der Waals surface area contributed by atoms with Gasteiger partial charge in [-0.05, 0) is 17.3 Å². The third-order valence-corrected chi connectivity index (χ3v) is 4.12. The molecule has 148 valence electrons. The summed E-state index contributed by atoms with van der Waals surface area (Å²) in [6, 6.07) is 13.4. The Morgan fingerprint density at radius 2 is 2.03 bits per heavy atom. The zero-order valence-corrected chi connectivity index (χ0v) is 15.6. The zero-order valence-electron chi connectivity index (χ0n) is 15.6. The molecule has 0 spiro atoms. The van der Waals surface area contributed by atoms with Crippen LogP contribution >= 0.6 is 0 Å². The number of aryl methyl sites for hydroxylation is 1. The van der Waals surface area contributed by atoms with Crippen molar-refractivity contribution < 1.29 is 23.9 Å². The van der Waals surface area contributed by atoms with Gasteiger partial charge in [-0.3, -0.25) is 9.48 Å². The van der Waals surface area contributed by atoms with Crippen LogP contribution in [0.15, 0.2) is 53.2 Å². The van der Waals surface area contributed by atoms with Crippen molar-refractivity contribution in [3.63, 3.8) is 0 Å². The van der Waals surface area contributed by atoms with Crippen molar-refractivity contribution in [1.29, 1.82) is 0 Å². The van der Waals surface area contributed by atoms with Crippen LogP contribution in [0.2, 0.25) is 0 Å². The van der Waals surface area contributed by atoms with Crippen molar-refractivity contribution >= 4 is 16.9 Å². The van der Waals surface area contributed by atoms with Crippen LogP contribution in [0.3, 0.4) is 0 Å². The van der Waals surface area contributed by atoms with Crippen molar-refractivity contribution in [3.05, 3.63) is 65.7 Å². The normalized spacial score (nSPS) is 10.9. The van der Waals surface area contributed by atoms with Gasteiger partial charge in [0.05, 0.1) is 17.6 Å². The van der Waals surface area contributed by atoms with E-state index in [0.717, 1.165) is 16.6 Å². The minimum absolute atomic E-state index is 0.0498. The number of carbonyl (C=O) groups is 1. The molecule has 0 bridgehead atoms. The van der Waals surface area contributed by atoms with Crippen LogP contribution in [0.4, 0.5) is 0 Å². The van der Waals surface area contributed by atoms with Gasteiger partial charge in [-0.25, -0.2) is 4.98 Å². The Balaban J connectivity index is 1.35. The first-order valence-corrected chi connectivity index (χ1v) is 8.87. The van der Waals surface area contributed by atoms with E-state index in [1.165, 1.54) is 4.68 Å². The summed E-state index contributed by atoms with van der Waals surface area (Å²) in [6.07, 6.45) is 1.43. The van der Waals surface area contributed by atoms with Gasteiger partial charge in [-0.1, -0.05) is 24.3 Å². The second-order valence-electron chi connectivity index (χ2n) is 6.41. The summed E-state index contributed by atoms with van der Waals surface area (Å²) in [5.74, 6) is 0.0263. The van der Waals surface area contributed by atoms with E-state index in [1.54, 1.807) is 19.3 Å². The fraction of sp³-hybridized carbons (Fsp3) is 0.200. The molecule has 3 heterocycles. The highest BCUT2D eigenvalue weighted by atomic mass is 16.6. The van der Waals surface area contributed by atoms with Crippen LogP contribution in [-0.2, 0) is 31.5 Å². The highest BCUT2D eigenvalue weighted by Gasteiger charge is 2.14. The summed E-state index contributed by atoms with van der Waals surface area (Å²) in [5, 5.41) is 18.0. The average molecular weight is 394 g/mol. The summed E-state index contributed by atoms with van der Waals surface area (Å²) in [6.45, 7) is 0.300. The maximum Gasteiger partial charge on any atom is 0.308 e. The molecule has 0 aliphatic rings. The number of rotatable bonds is 8. The Morgan fingerprint density at radius 3 is 2.90 bits per heavy atom. The van der Waals surface area contributed by atoms with Crippen LogP contribution in [0, 0.1) is 0 Å². The molecule has 1 aromatic carbocycles. The summed E-state index contributed by atoms with van der Waals surface area (Å²) >= 11 is 0. The Labute approximate surface area is 165 Å². The fourth-order valence-corrected chi connectivity index (χ4v) is 2.83. The number of para-hydroxylation sites is 1. The molecular formula is C20H18N4O5. The minimum Gasteiger partial charge on any atom is -0.481 e. The van der Waals surface area contributed by atoms with E-state index in [4.69, 9.17) is 19.1 Å². The molecule has 4 aromatic rings. The molecular weight excluding hydrogens is 376 g/mol. The molecule has 9 heteroatoms. The van der Waals surface area contributed by atoms with E-state index in [9.17, 15) is 4.79 Å². The number of hydrogen-bond acceptors (Lipinski definition) is 7. The largest absolute Gasteiger partial charge is 0.481 e. The first-order chi connectivity index (χ1) is 14.1. The van der Waals surface area contributed by atoms with Gasteiger partial charge in [0.1, 0.15) is 6.61 Å². The first-order valence-electron chi connectivity index (χ1n) is 8.87. The second-order valence-corrected chi connectivity index (χ2v) is 6.41. The van der Waals surface area contributed by atoms with E-state index in [-0.39, 0.29) is 25.5 Å². The molecule has 0 fully saturated rings. The summed E-state index contributed by atoms with van der Waals surface area (Å²) in [7, 11) is 1.69. The number of carboxylic acids is 1. The van der Waals surface area contributed by atoms with Crippen molar-refractivity contribution in [3.8, 4) is 11.8 Å². The van der Waals surface area contributed by atoms with Crippen LogP contribution in [-0.4, -0.2) is 31.0 Å². The monoisotopic (exact) mass is 394 g/mol. The van der Waals surface area contributed by atoms with E-state index in [1.807, 2.05) is 36.4 Å². The van der Waals surface area contributed by atoms with E-state index in [2.05, 4.69) is 15.2 Å². The number of hydrogen-bond donors (Lipinski definition) is 1. The zero-order chi connectivity index (χ0) is 20.2. The molecule has 0 amide bonds. The number of aliphatic carboxylic acids is 1. The lowest BCUT2D eigenvalue weighted by molar-refractivity contribution is -0.136. The third kappa shape index (κ3) is 4.52. The standard InChI is InChI=1S/C20H18N4O5/c1-24-10-14(8-19(25)26)20(22-24)28-12-16-9-18(23-29-16)27-11-15-7-6-13-4-2-3-5-17(13)21-15/h2-7,9-10H,8,11-12H2,1H3,(H,25,26). The first kappa shape index (κ1) is 18.5. The molecule has 0 unspecified atom stereocenters. The van der Waals surface area contributed by atoms with Gasteiger partial charge in [0.25, 0.3) is 5.88 Å². The molecule has 3 aromatic heterocycles. The molecule has 0 saturated heterocycles. The molecule has 0 aliphatic carbocycles. The summed E-state index contributed by atoms with van der Waals surface area (Å²) in [4.78, 5) is 15.5. The van der Waals surface area contributed by atoms with Crippen molar-refractivity contribution in [1.82, 2.24) is 19.9 Å². The topological polar surface area (TPSA) is 113 Å². The Morgan fingerprint density at radius 1 is 1.17 bits per heavy atom. The third-order valence-electron chi connectivity index (χ3n) is 4.12. The van der Waals surface area contributed by atoms with Crippen LogP contribution < -0.4 is 9.47 Å². The molecule has 0 radical (unpaired) electrons. The highest BCUT2D eigenvalue weighted by Crippen LogP contribution is 2.20. The number of pyridine rings is 1. The number of carboxylic acid groups (broad SMARTS) is 1. The fourth-order valence-electron chi connectivity index (χ4n) is 2.83. The van der Waals surface area contributed by atoms with E-state index >= 15 is 0 Å². The number of fused-ring (bicyclic) bond motifs is 1. The minimum atomic E-state index is -0.958. The van der Waals surface area contributed by atoms with Crippen LogP contribution in [0.25, 0.3) is 10.9 Å². The van der Waals surface area contributed by atoms with Gasteiger partial charge in [-0.2, -0.15) is 0 Å². The maximum atomic E-state index is 10.9. The van der Waals surface area contributed by atoms with Crippen molar-refractivity contribution in [2.24, 2.45) is 7.05 Å². The van der Waals surface area contributed by atoms with Gasteiger partial charge < -0.3 is 19.1 Å². The van der Waals surface area contributed by atoms with Crippen LogP contribution in [0.5, 0.6) is 11.8 Å². The van der Waals surface area contributed by atoms with Crippen molar-refractivity contribution in [2.75, 3.05) is 0 Å².